The van der Waals surface area contributed by atoms with E-state index in [1.165, 1.54) is 49.9 Å². The molecule has 1 aliphatic heterocycles. The molecule has 66 valence electrons. The second-order valence-corrected chi connectivity index (χ2v) is 3.95. The van der Waals surface area contributed by atoms with Gasteiger partial charge in [0, 0.05) is 25.8 Å². The maximum absolute atomic E-state index is 3.20. The fraction of sp³-hybridized carbons (Fsp3) is 1.00. The average Bonchev–Trinajstić information content (AvgIpc) is 2.38. The van der Waals surface area contributed by atoms with Gasteiger partial charge in [-0.3, -0.25) is 0 Å². The van der Waals surface area contributed by atoms with Crippen LogP contribution in [-0.4, -0.2) is 44.8 Å². The Labute approximate surface area is 70.2 Å². The Balaban J connectivity index is 2.13. The van der Waals surface area contributed by atoms with Crippen LogP contribution < -0.4 is 5.32 Å². The zero-order valence-corrected chi connectivity index (χ0v) is 7.90. The van der Waals surface area contributed by atoms with Crippen LogP contribution in [0.15, 0.2) is 0 Å². The van der Waals surface area contributed by atoms with Gasteiger partial charge in [-0.15, -0.1) is 0 Å². The van der Waals surface area contributed by atoms with E-state index >= 15 is 0 Å². The molecule has 11 heavy (non-hydrogen) atoms. The summed E-state index contributed by atoms with van der Waals surface area (Å²) in [5.41, 5.74) is 0. The van der Waals surface area contributed by atoms with Gasteiger partial charge in [0.2, 0.25) is 0 Å². The van der Waals surface area contributed by atoms with Crippen molar-refractivity contribution in [2.45, 2.75) is 19.3 Å². The molecule has 0 aromatic carbocycles. The summed E-state index contributed by atoms with van der Waals surface area (Å²) in [5.74, 6) is 0. The lowest BCUT2D eigenvalue weighted by Crippen LogP contribution is -2.42. The topological polar surface area (TPSA) is 12.0 Å². The minimum atomic E-state index is 1.17. The zero-order chi connectivity index (χ0) is 8.16. The summed E-state index contributed by atoms with van der Waals surface area (Å²) in [5, 5.41) is 3.20. The first-order chi connectivity index (χ1) is 5.27. The first-order valence-corrected chi connectivity index (χ1v) is 4.75. The molecule has 1 saturated heterocycles. The molecule has 2 nitrogen and oxygen atoms in total. The van der Waals surface area contributed by atoms with E-state index in [0.717, 1.165) is 0 Å². The van der Waals surface area contributed by atoms with Crippen LogP contribution in [0.3, 0.4) is 0 Å². The smallest absolute Gasteiger partial charge is 0.0796 e. The molecule has 0 amide bonds. The van der Waals surface area contributed by atoms with E-state index in [9.17, 15) is 0 Å². The number of likely N-dealkylation sites (tertiary alicyclic amines) is 1. The van der Waals surface area contributed by atoms with Crippen LogP contribution in [0.1, 0.15) is 19.3 Å². The second-order valence-electron chi connectivity index (χ2n) is 3.95. The first-order valence-electron chi connectivity index (χ1n) is 4.75. The average molecular weight is 157 g/mol. The van der Waals surface area contributed by atoms with Crippen LogP contribution >= 0.6 is 0 Å². The van der Waals surface area contributed by atoms with Gasteiger partial charge in [0.15, 0.2) is 0 Å². The Kier molecular flexibility index (Phi) is 3.34. The summed E-state index contributed by atoms with van der Waals surface area (Å²) >= 11 is 0. The summed E-state index contributed by atoms with van der Waals surface area (Å²) in [6.07, 6.45) is 4.21. The normalized spacial score (nSPS) is 22.4. The molecule has 1 N–H and O–H groups in total. The molecule has 0 saturated carbocycles. The van der Waals surface area contributed by atoms with E-state index in [2.05, 4.69) is 12.4 Å². The van der Waals surface area contributed by atoms with Gasteiger partial charge in [-0.2, -0.15) is 0 Å². The zero-order valence-electron chi connectivity index (χ0n) is 7.90. The Morgan fingerprint density at radius 1 is 1.27 bits per heavy atom. The maximum atomic E-state index is 3.20. The third kappa shape index (κ3) is 2.80. The van der Waals surface area contributed by atoms with Gasteiger partial charge >= 0.3 is 0 Å². The van der Waals surface area contributed by atoms with Crippen molar-refractivity contribution in [3.63, 3.8) is 0 Å². The lowest BCUT2D eigenvalue weighted by Gasteiger charge is -2.28. The van der Waals surface area contributed by atoms with Crippen LogP contribution in [0.2, 0.25) is 0 Å². The highest BCUT2D eigenvalue weighted by Crippen LogP contribution is 2.16. The summed E-state index contributed by atoms with van der Waals surface area (Å²) in [7, 11) is 4.42. The molecular formula is C9H21N2+. The number of hydrogen-bond donors (Lipinski definition) is 1. The molecule has 1 heterocycles. The number of nitrogens with zero attached hydrogens (tertiary/aromatic N) is 1. The molecule has 1 aliphatic rings. The molecule has 1 fully saturated rings. The lowest BCUT2D eigenvalue weighted by atomic mass is 10.3. The molecule has 2 heteroatoms. The standard InChI is InChI=1S/C9H21N2/c1-10-6-5-9-11(2)7-3-4-8-11/h10H,3-9H2,1-2H3/q+1. The summed E-state index contributed by atoms with van der Waals surface area (Å²) in [4.78, 5) is 0. The molecule has 1 rings (SSSR count). The molecule has 0 radical (unpaired) electrons. The van der Waals surface area contributed by atoms with Crippen molar-refractivity contribution >= 4 is 0 Å². The van der Waals surface area contributed by atoms with Crippen molar-refractivity contribution in [3.05, 3.63) is 0 Å². The van der Waals surface area contributed by atoms with Gasteiger partial charge in [0.1, 0.15) is 0 Å². The van der Waals surface area contributed by atoms with Crippen LogP contribution in [0.25, 0.3) is 0 Å². The highest BCUT2D eigenvalue weighted by atomic mass is 15.3. The van der Waals surface area contributed by atoms with E-state index in [4.69, 9.17) is 0 Å². The largest absolute Gasteiger partial charge is 0.326 e. The SMILES string of the molecule is CNCCC[N+]1(C)CCCC1. The minimum Gasteiger partial charge on any atom is -0.326 e. The summed E-state index contributed by atoms with van der Waals surface area (Å²) in [6.45, 7) is 5.35. The summed E-state index contributed by atoms with van der Waals surface area (Å²) < 4.78 is 1.32. The molecule has 0 spiro atoms. The molecule has 0 atom stereocenters. The van der Waals surface area contributed by atoms with Crippen molar-refractivity contribution in [2.24, 2.45) is 0 Å². The van der Waals surface area contributed by atoms with Gasteiger partial charge in [-0.05, 0) is 7.05 Å². The van der Waals surface area contributed by atoms with E-state index in [-0.39, 0.29) is 0 Å². The number of hydrogen-bond acceptors (Lipinski definition) is 1. The van der Waals surface area contributed by atoms with Gasteiger partial charge in [0.25, 0.3) is 0 Å². The maximum Gasteiger partial charge on any atom is 0.0796 e. The number of rotatable bonds is 4. The predicted octanol–water partition coefficient (Wildman–Crippen LogP) is 0.836. The van der Waals surface area contributed by atoms with E-state index < -0.39 is 0 Å². The van der Waals surface area contributed by atoms with Crippen LogP contribution in [0.5, 0.6) is 0 Å². The Bertz CT molecular complexity index is 106. The summed E-state index contributed by atoms with van der Waals surface area (Å²) in [6, 6.07) is 0. The van der Waals surface area contributed by atoms with E-state index in [0.29, 0.717) is 0 Å². The van der Waals surface area contributed by atoms with Crippen molar-refractivity contribution in [2.75, 3.05) is 40.3 Å². The van der Waals surface area contributed by atoms with Gasteiger partial charge in [-0.1, -0.05) is 0 Å². The quantitative estimate of drug-likeness (QED) is 0.471. The van der Waals surface area contributed by atoms with E-state index in [1.54, 1.807) is 0 Å². The Hall–Kier alpha value is -0.0800. The van der Waals surface area contributed by atoms with Gasteiger partial charge < -0.3 is 9.80 Å². The third-order valence-electron chi connectivity index (χ3n) is 2.77. The van der Waals surface area contributed by atoms with Crippen molar-refractivity contribution in [3.8, 4) is 0 Å². The number of quaternary nitrogens is 1. The minimum absolute atomic E-state index is 1.17. The molecule has 0 bridgehead atoms. The Morgan fingerprint density at radius 2 is 1.91 bits per heavy atom. The Morgan fingerprint density at radius 3 is 2.45 bits per heavy atom. The van der Waals surface area contributed by atoms with E-state index in [1.807, 2.05) is 7.05 Å². The number of nitrogens with one attached hydrogen (secondary N) is 1. The highest BCUT2D eigenvalue weighted by molar-refractivity contribution is 4.52. The molecule has 0 aliphatic carbocycles. The first kappa shape index (κ1) is 9.01. The third-order valence-corrected chi connectivity index (χ3v) is 2.77. The monoisotopic (exact) mass is 157 g/mol. The van der Waals surface area contributed by atoms with Gasteiger partial charge in [0.05, 0.1) is 26.7 Å². The highest BCUT2D eigenvalue weighted by Gasteiger charge is 2.25. The molecule has 0 unspecified atom stereocenters. The lowest BCUT2D eigenvalue weighted by molar-refractivity contribution is -0.897. The molecule has 0 aromatic heterocycles. The van der Waals surface area contributed by atoms with Gasteiger partial charge in [-0.25, -0.2) is 0 Å². The van der Waals surface area contributed by atoms with Crippen molar-refractivity contribution in [1.82, 2.24) is 5.32 Å². The molecule has 0 aromatic rings. The molecular weight excluding hydrogens is 136 g/mol. The van der Waals surface area contributed by atoms with Crippen molar-refractivity contribution in [1.29, 1.82) is 0 Å². The van der Waals surface area contributed by atoms with Crippen LogP contribution in [-0.2, 0) is 0 Å². The fourth-order valence-electron chi connectivity index (χ4n) is 1.96. The van der Waals surface area contributed by atoms with Crippen LogP contribution in [0.4, 0.5) is 0 Å². The van der Waals surface area contributed by atoms with Crippen LogP contribution in [0, 0.1) is 0 Å². The second kappa shape index (κ2) is 4.07. The predicted molar refractivity (Wildman–Crippen MR) is 48.6 cm³/mol. The fourth-order valence-corrected chi connectivity index (χ4v) is 1.96. The van der Waals surface area contributed by atoms with Crippen molar-refractivity contribution < 1.29 is 4.48 Å².